The number of aromatic nitrogens is 2. The summed E-state index contributed by atoms with van der Waals surface area (Å²) in [6, 6.07) is 23.4. The van der Waals surface area contributed by atoms with Gasteiger partial charge in [0.1, 0.15) is 0 Å². The quantitative estimate of drug-likeness (QED) is 0.485. The molecule has 0 bridgehead atoms. The number of para-hydroxylation sites is 3. The first-order valence-electron chi connectivity index (χ1n) is 9.26. The van der Waals surface area contributed by atoms with Crippen LogP contribution in [-0.2, 0) is 16.4 Å². The lowest BCUT2D eigenvalue weighted by Gasteiger charge is -2.15. The summed E-state index contributed by atoms with van der Waals surface area (Å²) < 4.78 is 28.3. The van der Waals surface area contributed by atoms with Gasteiger partial charge in [-0.2, -0.15) is 0 Å². The number of sulfonamides is 1. The molecule has 0 unspecified atom stereocenters. The Labute approximate surface area is 169 Å². The van der Waals surface area contributed by atoms with Crippen LogP contribution < -0.4 is 10.0 Å². The Kier molecular flexibility index (Phi) is 5.14. The third-order valence-electron chi connectivity index (χ3n) is 4.51. The van der Waals surface area contributed by atoms with Crippen LogP contribution in [0.25, 0.3) is 11.0 Å². The fraction of sp³-hybridized carbons (Fsp3) is 0.0909. The summed E-state index contributed by atoms with van der Waals surface area (Å²) in [5.74, 6) is 0.502. The van der Waals surface area contributed by atoms with Crippen LogP contribution in [0, 0.1) is 0 Å². The van der Waals surface area contributed by atoms with Gasteiger partial charge in [0.2, 0.25) is 0 Å². The second kappa shape index (κ2) is 7.89. The molecule has 4 aromatic rings. The summed E-state index contributed by atoms with van der Waals surface area (Å²) in [6.07, 6.45) is 0.829. The first-order valence-corrected chi connectivity index (χ1v) is 10.7. The highest BCUT2D eigenvalue weighted by molar-refractivity contribution is 7.92. The van der Waals surface area contributed by atoms with E-state index < -0.39 is 10.0 Å². The summed E-state index contributed by atoms with van der Waals surface area (Å²) in [5.41, 5.74) is 3.23. The monoisotopic (exact) mass is 404 g/mol. The molecule has 1 aromatic heterocycles. The predicted molar refractivity (Wildman–Crippen MR) is 116 cm³/mol. The topological polar surface area (TPSA) is 84.0 Å². The zero-order chi connectivity index (χ0) is 20.3. The van der Waals surface area contributed by atoms with Gasteiger partial charge in [0.15, 0.2) is 11.6 Å². The van der Waals surface area contributed by atoms with Crippen LogP contribution >= 0.6 is 0 Å². The van der Waals surface area contributed by atoms with Crippen molar-refractivity contribution in [2.75, 3.05) is 10.0 Å². The molecule has 3 aromatic carbocycles. The van der Waals surface area contributed by atoms with E-state index in [-0.39, 0.29) is 10.7 Å². The van der Waals surface area contributed by atoms with Crippen LogP contribution in [-0.4, -0.2) is 18.4 Å². The zero-order valence-electron chi connectivity index (χ0n) is 15.8. The first kappa shape index (κ1) is 18.9. The number of nitrogens with one attached hydrogen (secondary N) is 2. The Balaban J connectivity index is 1.80. The number of hydrogen-bond acceptors (Lipinski definition) is 5. The number of aryl methyl sites for hydroxylation is 1. The van der Waals surface area contributed by atoms with E-state index >= 15 is 0 Å². The van der Waals surface area contributed by atoms with Crippen molar-refractivity contribution < 1.29 is 8.42 Å². The molecule has 0 aliphatic heterocycles. The molecule has 4 rings (SSSR count). The number of benzene rings is 3. The van der Waals surface area contributed by atoms with E-state index in [1.165, 1.54) is 12.1 Å². The third kappa shape index (κ3) is 4.05. The second-order valence-corrected chi connectivity index (χ2v) is 8.15. The maximum absolute atomic E-state index is 12.9. The number of nitrogens with zero attached hydrogens (tertiary/aromatic N) is 2. The van der Waals surface area contributed by atoms with Gasteiger partial charge in [-0.25, -0.2) is 18.4 Å². The van der Waals surface area contributed by atoms with Crippen molar-refractivity contribution >= 4 is 38.4 Å². The molecular formula is C22H20N4O2S. The van der Waals surface area contributed by atoms with Crippen molar-refractivity contribution in [3.05, 3.63) is 84.4 Å². The molecule has 6 nitrogen and oxygen atoms in total. The molecule has 0 amide bonds. The molecule has 7 heteroatoms. The van der Waals surface area contributed by atoms with Gasteiger partial charge in [-0.1, -0.05) is 55.5 Å². The summed E-state index contributed by atoms with van der Waals surface area (Å²) in [5, 5.41) is 3.26. The molecule has 0 saturated heterocycles. The van der Waals surface area contributed by atoms with Gasteiger partial charge in [-0.05, 0) is 42.3 Å². The molecule has 0 saturated carbocycles. The van der Waals surface area contributed by atoms with E-state index in [1.54, 1.807) is 24.3 Å². The number of fused-ring (bicyclic) bond motifs is 1. The highest BCUT2D eigenvalue weighted by atomic mass is 32.2. The number of rotatable bonds is 6. The van der Waals surface area contributed by atoms with E-state index in [9.17, 15) is 8.42 Å². The molecule has 0 radical (unpaired) electrons. The van der Waals surface area contributed by atoms with Gasteiger partial charge >= 0.3 is 0 Å². The van der Waals surface area contributed by atoms with Gasteiger partial charge in [0.05, 0.1) is 15.9 Å². The Morgan fingerprint density at radius 1 is 0.759 bits per heavy atom. The van der Waals surface area contributed by atoms with E-state index in [0.29, 0.717) is 16.9 Å². The Morgan fingerprint density at radius 2 is 1.34 bits per heavy atom. The van der Waals surface area contributed by atoms with Crippen LogP contribution in [0.3, 0.4) is 0 Å². The van der Waals surface area contributed by atoms with E-state index in [4.69, 9.17) is 0 Å². The van der Waals surface area contributed by atoms with Crippen molar-refractivity contribution in [1.82, 2.24) is 9.97 Å². The Hall–Kier alpha value is -3.45. The minimum absolute atomic E-state index is 0.151. The first-order chi connectivity index (χ1) is 14.1. The Morgan fingerprint density at radius 3 is 2.03 bits per heavy atom. The second-order valence-electron chi connectivity index (χ2n) is 6.46. The fourth-order valence-electron chi connectivity index (χ4n) is 3.02. The highest BCUT2D eigenvalue weighted by Gasteiger charge is 2.19. The van der Waals surface area contributed by atoms with Gasteiger partial charge in [-0.3, -0.25) is 4.72 Å². The maximum atomic E-state index is 12.9. The smallest absolute Gasteiger partial charge is 0.263 e. The highest BCUT2D eigenvalue weighted by Crippen LogP contribution is 2.28. The zero-order valence-corrected chi connectivity index (χ0v) is 16.6. The molecule has 146 valence electrons. The van der Waals surface area contributed by atoms with Crippen LogP contribution in [0.5, 0.6) is 0 Å². The summed E-state index contributed by atoms with van der Waals surface area (Å²) >= 11 is 0. The summed E-state index contributed by atoms with van der Waals surface area (Å²) in [6.45, 7) is 2.06. The van der Waals surface area contributed by atoms with Crippen LogP contribution in [0.1, 0.15) is 12.5 Å². The molecule has 2 N–H and O–H groups in total. The van der Waals surface area contributed by atoms with Crippen LogP contribution in [0.15, 0.2) is 83.8 Å². The van der Waals surface area contributed by atoms with Crippen molar-refractivity contribution in [1.29, 1.82) is 0 Å². The van der Waals surface area contributed by atoms with E-state index in [2.05, 4.69) is 26.9 Å². The lowest BCUT2D eigenvalue weighted by molar-refractivity contribution is 0.601. The average molecular weight is 404 g/mol. The molecule has 0 atom stereocenters. The van der Waals surface area contributed by atoms with E-state index in [1.807, 2.05) is 42.5 Å². The SMILES string of the molecule is CCc1ccccc1Nc1nc2ccccc2nc1NS(=O)(=O)c1ccccc1. The predicted octanol–water partition coefficient (Wildman–Crippen LogP) is 4.74. The average Bonchev–Trinajstić information content (AvgIpc) is 2.75. The number of hydrogen-bond donors (Lipinski definition) is 2. The van der Waals surface area contributed by atoms with E-state index in [0.717, 1.165) is 17.7 Å². The van der Waals surface area contributed by atoms with Gasteiger partial charge in [0, 0.05) is 5.69 Å². The van der Waals surface area contributed by atoms with Gasteiger partial charge in [0.25, 0.3) is 10.0 Å². The third-order valence-corrected chi connectivity index (χ3v) is 5.86. The molecule has 0 spiro atoms. The van der Waals surface area contributed by atoms with Crippen molar-refractivity contribution in [3.63, 3.8) is 0 Å². The minimum atomic E-state index is -3.80. The van der Waals surface area contributed by atoms with Crippen molar-refractivity contribution in [3.8, 4) is 0 Å². The molecule has 1 heterocycles. The number of anilines is 3. The normalized spacial score (nSPS) is 11.3. The van der Waals surface area contributed by atoms with Crippen LogP contribution in [0.2, 0.25) is 0 Å². The summed E-state index contributed by atoms with van der Waals surface area (Å²) in [4.78, 5) is 9.31. The fourth-order valence-corrected chi connectivity index (χ4v) is 4.05. The molecule has 0 aliphatic carbocycles. The van der Waals surface area contributed by atoms with Crippen molar-refractivity contribution in [2.45, 2.75) is 18.2 Å². The van der Waals surface area contributed by atoms with Crippen LogP contribution in [0.4, 0.5) is 17.3 Å². The lowest BCUT2D eigenvalue weighted by Crippen LogP contribution is -2.16. The molecule has 0 aliphatic rings. The van der Waals surface area contributed by atoms with Gasteiger partial charge in [-0.15, -0.1) is 0 Å². The standard InChI is InChI=1S/C22H20N4O2S/c1-2-16-10-6-7-13-18(16)23-21-22(25-20-15-9-8-14-19(20)24-21)26-29(27,28)17-11-4-3-5-12-17/h3-15H,2H2,1H3,(H,23,24)(H,25,26). The van der Waals surface area contributed by atoms with Gasteiger partial charge < -0.3 is 5.32 Å². The largest absolute Gasteiger partial charge is 0.337 e. The molecule has 0 fully saturated rings. The Bertz CT molecular complexity index is 1260. The molecule has 29 heavy (non-hydrogen) atoms. The lowest BCUT2D eigenvalue weighted by atomic mass is 10.1. The van der Waals surface area contributed by atoms with Crippen molar-refractivity contribution in [2.24, 2.45) is 0 Å². The molecular weight excluding hydrogens is 384 g/mol. The maximum Gasteiger partial charge on any atom is 0.263 e. The summed E-state index contributed by atoms with van der Waals surface area (Å²) in [7, 11) is -3.80. The minimum Gasteiger partial charge on any atom is -0.337 e.